The van der Waals surface area contributed by atoms with Gasteiger partial charge in [-0.15, -0.1) is 5.10 Å². The van der Waals surface area contributed by atoms with Gasteiger partial charge in [0.05, 0.1) is 6.61 Å². The van der Waals surface area contributed by atoms with Gasteiger partial charge in [0, 0.05) is 28.4 Å². The molecule has 5 nitrogen and oxygen atoms in total. The molecule has 0 spiro atoms. The summed E-state index contributed by atoms with van der Waals surface area (Å²) in [5.74, 6) is 0.667. The van der Waals surface area contributed by atoms with Crippen LogP contribution in [-0.4, -0.2) is 22.1 Å². The molecule has 1 aliphatic heterocycles. The van der Waals surface area contributed by atoms with Gasteiger partial charge in [-0.3, -0.25) is 4.79 Å². The number of rotatable bonds is 3. The highest BCUT2D eigenvalue weighted by Gasteiger charge is 2.18. The summed E-state index contributed by atoms with van der Waals surface area (Å²) in [5.41, 5.74) is 2.49. The average molecular weight is 340 g/mol. The van der Waals surface area contributed by atoms with Gasteiger partial charge in [-0.2, -0.15) is 0 Å². The van der Waals surface area contributed by atoms with Crippen LogP contribution in [-0.2, 0) is 13.0 Å². The molecule has 1 N–H and O–H groups in total. The van der Waals surface area contributed by atoms with E-state index in [0.717, 1.165) is 33.7 Å². The molecule has 98 valence electrons. The summed E-state index contributed by atoms with van der Waals surface area (Å²) < 4.78 is 10.3. The zero-order chi connectivity index (χ0) is 13.2. The first-order valence-corrected chi connectivity index (χ1v) is 7.36. The summed E-state index contributed by atoms with van der Waals surface area (Å²) in [7, 11) is 0. The minimum absolute atomic E-state index is 0.222. The van der Waals surface area contributed by atoms with E-state index in [-0.39, 0.29) is 5.91 Å². The quantitative estimate of drug-likeness (QED) is 0.930. The molecule has 1 aliphatic rings. The first-order valence-electron chi connectivity index (χ1n) is 5.73. The summed E-state index contributed by atoms with van der Waals surface area (Å²) >= 11 is 4.63. The summed E-state index contributed by atoms with van der Waals surface area (Å²) in [6.07, 6.45) is 0.908. The molecule has 0 saturated carbocycles. The molecule has 0 atom stereocenters. The number of benzene rings is 1. The topological polar surface area (TPSA) is 64.1 Å². The van der Waals surface area contributed by atoms with Crippen molar-refractivity contribution in [3.05, 3.63) is 38.8 Å². The van der Waals surface area contributed by atoms with Gasteiger partial charge < -0.3 is 10.1 Å². The number of halogens is 1. The Bertz CT molecular complexity index is 616. The van der Waals surface area contributed by atoms with Crippen LogP contribution in [0.25, 0.3) is 0 Å². The summed E-state index contributed by atoms with van der Waals surface area (Å²) in [5, 5.41) is 8.18. The van der Waals surface area contributed by atoms with E-state index in [9.17, 15) is 4.79 Å². The first-order chi connectivity index (χ1) is 9.24. The number of hydrogen-bond acceptors (Lipinski definition) is 5. The Morgan fingerprint density at radius 2 is 2.42 bits per heavy atom. The smallest absolute Gasteiger partial charge is 0.273 e. The normalized spacial score (nSPS) is 12.9. The highest BCUT2D eigenvalue weighted by atomic mass is 79.9. The number of ether oxygens (including phenoxy) is 1. The number of aromatic nitrogens is 2. The fourth-order valence-corrected chi connectivity index (χ4v) is 3.00. The van der Waals surface area contributed by atoms with Crippen molar-refractivity contribution in [2.75, 3.05) is 6.61 Å². The molecule has 2 aromatic rings. The minimum Gasteiger partial charge on any atom is -0.493 e. The molecule has 2 heterocycles. The van der Waals surface area contributed by atoms with Crippen molar-refractivity contribution in [2.45, 2.75) is 13.0 Å². The highest BCUT2D eigenvalue weighted by Crippen LogP contribution is 2.32. The van der Waals surface area contributed by atoms with Crippen LogP contribution in [0.3, 0.4) is 0 Å². The summed E-state index contributed by atoms with van der Waals surface area (Å²) in [6.45, 7) is 1.11. The monoisotopic (exact) mass is 339 g/mol. The number of nitrogens with one attached hydrogen (secondary N) is 1. The van der Waals surface area contributed by atoms with E-state index in [1.54, 1.807) is 5.38 Å². The number of carbonyl (C=O) groups is 1. The van der Waals surface area contributed by atoms with Crippen LogP contribution in [0.5, 0.6) is 5.75 Å². The molecule has 0 unspecified atom stereocenters. The molecule has 1 aromatic heterocycles. The minimum atomic E-state index is -0.222. The van der Waals surface area contributed by atoms with E-state index in [2.05, 4.69) is 36.9 Å². The third-order valence-corrected chi connectivity index (χ3v) is 3.82. The largest absolute Gasteiger partial charge is 0.493 e. The lowest BCUT2D eigenvalue weighted by Gasteiger charge is -2.09. The first kappa shape index (κ1) is 12.6. The van der Waals surface area contributed by atoms with Gasteiger partial charge >= 0.3 is 0 Å². The second-order valence-corrected chi connectivity index (χ2v) is 5.65. The van der Waals surface area contributed by atoms with Crippen LogP contribution >= 0.6 is 27.5 Å². The molecule has 7 heteroatoms. The van der Waals surface area contributed by atoms with Crippen molar-refractivity contribution in [1.82, 2.24) is 14.9 Å². The third kappa shape index (κ3) is 2.62. The fraction of sp³-hybridized carbons (Fsp3) is 0.250. The Balaban J connectivity index is 1.76. The van der Waals surface area contributed by atoms with Gasteiger partial charge in [0.2, 0.25) is 0 Å². The van der Waals surface area contributed by atoms with Crippen LogP contribution in [0.1, 0.15) is 21.6 Å². The van der Waals surface area contributed by atoms with E-state index < -0.39 is 0 Å². The Morgan fingerprint density at radius 3 is 3.21 bits per heavy atom. The SMILES string of the molecule is O=C(NCc1cc(Br)cc2c1OCC2)c1csnn1. The molecule has 0 aliphatic carbocycles. The third-order valence-electron chi connectivity index (χ3n) is 2.86. The zero-order valence-corrected chi connectivity index (χ0v) is 12.3. The molecular weight excluding hydrogens is 330 g/mol. The van der Waals surface area contributed by atoms with Crippen molar-refractivity contribution in [2.24, 2.45) is 0 Å². The zero-order valence-electron chi connectivity index (χ0n) is 9.85. The van der Waals surface area contributed by atoms with Gasteiger partial charge in [0.25, 0.3) is 5.91 Å². The van der Waals surface area contributed by atoms with Gasteiger partial charge in [-0.1, -0.05) is 20.4 Å². The molecule has 1 aromatic carbocycles. The molecule has 19 heavy (non-hydrogen) atoms. The predicted molar refractivity (Wildman–Crippen MR) is 74.4 cm³/mol. The molecule has 0 fully saturated rings. The Morgan fingerprint density at radius 1 is 1.53 bits per heavy atom. The predicted octanol–water partition coefficient (Wildman–Crippen LogP) is 2.17. The maximum atomic E-state index is 11.8. The Kier molecular flexibility index (Phi) is 3.48. The second-order valence-electron chi connectivity index (χ2n) is 4.12. The van der Waals surface area contributed by atoms with Crippen molar-refractivity contribution in [3.63, 3.8) is 0 Å². The van der Waals surface area contributed by atoms with Crippen molar-refractivity contribution >= 4 is 33.4 Å². The molecule has 0 radical (unpaired) electrons. The Hall–Kier alpha value is -1.47. The maximum absolute atomic E-state index is 11.8. The number of fused-ring (bicyclic) bond motifs is 1. The van der Waals surface area contributed by atoms with E-state index in [1.165, 1.54) is 5.56 Å². The lowest BCUT2D eigenvalue weighted by Crippen LogP contribution is -2.23. The molecule has 3 rings (SSSR count). The highest BCUT2D eigenvalue weighted by molar-refractivity contribution is 9.10. The summed E-state index contributed by atoms with van der Waals surface area (Å²) in [4.78, 5) is 11.8. The van der Waals surface area contributed by atoms with Gasteiger partial charge in [0.1, 0.15) is 5.75 Å². The number of hydrogen-bond donors (Lipinski definition) is 1. The van der Waals surface area contributed by atoms with Gasteiger partial charge in [-0.05, 0) is 29.2 Å². The summed E-state index contributed by atoms with van der Waals surface area (Å²) in [6, 6.07) is 4.02. The number of carbonyl (C=O) groups excluding carboxylic acids is 1. The van der Waals surface area contributed by atoms with Crippen LogP contribution in [0.2, 0.25) is 0 Å². The van der Waals surface area contributed by atoms with Crippen LogP contribution < -0.4 is 10.1 Å². The molecule has 0 bridgehead atoms. The Labute approximate surface area is 122 Å². The van der Waals surface area contributed by atoms with Crippen LogP contribution in [0.4, 0.5) is 0 Å². The lowest BCUT2D eigenvalue weighted by molar-refractivity contribution is 0.0945. The van der Waals surface area contributed by atoms with E-state index >= 15 is 0 Å². The van der Waals surface area contributed by atoms with E-state index in [4.69, 9.17) is 4.74 Å². The maximum Gasteiger partial charge on any atom is 0.273 e. The van der Waals surface area contributed by atoms with E-state index in [0.29, 0.717) is 18.8 Å². The molecule has 0 saturated heterocycles. The number of amides is 1. The fourth-order valence-electron chi connectivity index (χ4n) is 2.01. The average Bonchev–Trinajstić information content (AvgIpc) is 3.05. The standard InChI is InChI=1S/C12H10BrN3O2S/c13-9-3-7-1-2-18-11(7)8(4-9)5-14-12(17)10-6-19-16-15-10/h3-4,6H,1-2,5H2,(H,14,17). The number of nitrogens with zero attached hydrogens (tertiary/aromatic N) is 2. The van der Waals surface area contributed by atoms with Crippen molar-refractivity contribution in [1.29, 1.82) is 0 Å². The molecule has 1 amide bonds. The van der Waals surface area contributed by atoms with Gasteiger partial charge in [0.15, 0.2) is 5.69 Å². The second kappa shape index (κ2) is 5.26. The lowest BCUT2D eigenvalue weighted by atomic mass is 10.1. The van der Waals surface area contributed by atoms with Gasteiger partial charge in [-0.25, -0.2) is 0 Å². The van der Waals surface area contributed by atoms with Crippen LogP contribution in [0.15, 0.2) is 22.0 Å². The van der Waals surface area contributed by atoms with Crippen LogP contribution in [0, 0.1) is 0 Å². The van der Waals surface area contributed by atoms with Crippen molar-refractivity contribution in [3.8, 4) is 5.75 Å². The molecular formula is C12H10BrN3O2S. The van der Waals surface area contributed by atoms with Crippen molar-refractivity contribution < 1.29 is 9.53 Å². The van der Waals surface area contributed by atoms with E-state index in [1.807, 2.05) is 6.07 Å².